The molecule has 2 aromatic heterocycles. The van der Waals surface area contributed by atoms with Crippen molar-refractivity contribution in [3.05, 3.63) is 58.6 Å². The van der Waals surface area contributed by atoms with Crippen molar-refractivity contribution in [3.8, 4) is 0 Å². The monoisotopic (exact) mass is 470 g/mol. The quantitative estimate of drug-likeness (QED) is 0.489. The lowest BCUT2D eigenvalue weighted by Gasteiger charge is -2.19. The maximum atomic E-state index is 13.5. The molecule has 2 unspecified atom stereocenters. The van der Waals surface area contributed by atoms with E-state index in [9.17, 15) is 4.79 Å². The number of amides is 1. The first-order chi connectivity index (χ1) is 16.9. The van der Waals surface area contributed by atoms with Crippen molar-refractivity contribution in [2.24, 2.45) is 11.8 Å². The second-order valence-corrected chi connectivity index (χ2v) is 10.4. The van der Waals surface area contributed by atoms with Gasteiger partial charge in [0.15, 0.2) is 6.21 Å². The fourth-order valence-electron chi connectivity index (χ4n) is 5.73. The zero-order valence-electron chi connectivity index (χ0n) is 20.7. The largest absolute Gasteiger partial charge is 0.496 e. The number of allylic oxidation sites excluding steroid dienone is 1. The van der Waals surface area contributed by atoms with E-state index in [1.54, 1.807) is 0 Å². The molecule has 0 spiro atoms. The zero-order valence-corrected chi connectivity index (χ0v) is 20.7. The molecule has 3 aromatic rings. The summed E-state index contributed by atoms with van der Waals surface area (Å²) in [5.74, 6) is 2.50. The molecule has 7 nitrogen and oxygen atoms in total. The predicted molar refractivity (Wildman–Crippen MR) is 137 cm³/mol. The minimum Gasteiger partial charge on any atom is -0.496 e. The van der Waals surface area contributed by atoms with Crippen molar-refractivity contribution >= 4 is 34.7 Å². The Morgan fingerprint density at radius 2 is 1.97 bits per heavy atom. The van der Waals surface area contributed by atoms with Crippen LogP contribution in [-0.2, 0) is 11.3 Å². The summed E-state index contributed by atoms with van der Waals surface area (Å²) < 4.78 is 10.8. The van der Waals surface area contributed by atoms with Gasteiger partial charge in [0.05, 0.1) is 29.8 Å². The Bertz CT molecular complexity index is 1400. The van der Waals surface area contributed by atoms with Crippen LogP contribution in [-0.4, -0.2) is 51.4 Å². The normalized spacial score (nSPS) is 22.5. The Hall–Kier alpha value is -3.48. The van der Waals surface area contributed by atoms with Gasteiger partial charge in [0.2, 0.25) is 5.95 Å². The molecule has 0 saturated heterocycles. The summed E-state index contributed by atoms with van der Waals surface area (Å²) >= 11 is 0. The number of hydrogen-bond donors (Lipinski definition) is 1. The van der Waals surface area contributed by atoms with Gasteiger partial charge in [-0.15, -0.1) is 0 Å². The van der Waals surface area contributed by atoms with Crippen LogP contribution in [0.4, 0.5) is 5.95 Å². The Morgan fingerprint density at radius 1 is 1.11 bits per heavy atom. The van der Waals surface area contributed by atoms with E-state index >= 15 is 0 Å². The lowest BCUT2D eigenvalue weighted by Crippen LogP contribution is -2.21. The highest BCUT2D eigenvalue weighted by atomic mass is 16.5. The van der Waals surface area contributed by atoms with E-state index in [0.29, 0.717) is 23.3 Å². The maximum Gasteiger partial charge on any atom is 0.258 e. The molecule has 1 N–H and O–H groups in total. The van der Waals surface area contributed by atoms with Gasteiger partial charge >= 0.3 is 0 Å². The molecule has 3 aliphatic rings. The number of rotatable bonds is 0. The van der Waals surface area contributed by atoms with Crippen LogP contribution in [0.15, 0.2) is 36.1 Å². The predicted octanol–water partition coefficient (Wildman–Crippen LogP) is 4.57. The van der Waals surface area contributed by atoms with Crippen molar-refractivity contribution in [1.29, 1.82) is 0 Å². The van der Waals surface area contributed by atoms with Crippen molar-refractivity contribution in [1.82, 2.24) is 14.5 Å². The second-order valence-electron chi connectivity index (χ2n) is 10.4. The number of hydrogen-bond acceptors (Lipinski definition) is 4. The van der Waals surface area contributed by atoms with E-state index in [-0.39, 0.29) is 5.91 Å². The highest BCUT2D eigenvalue weighted by Crippen LogP contribution is 2.35. The van der Waals surface area contributed by atoms with E-state index in [4.69, 9.17) is 14.7 Å². The molecule has 2 aliphatic heterocycles. The number of nitrogens with zero attached hydrogens (tertiary/aromatic N) is 4. The molecule has 35 heavy (non-hydrogen) atoms. The van der Waals surface area contributed by atoms with Crippen molar-refractivity contribution in [2.45, 2.75) is 46.1 Å². The van der Waals surface area contributed by atoms with Gasteiger partial charge in [-0.3, -0.25) is 15.1 Å². The maximum absolute atomic E-state index is 13.5. The second kappa shape index (κ2) is 8.63. The first-order valence-electron chi connectivity index (χ1n) is 12.6. The summed E-state index contributed by atoms with van der Waals surface area (Å²) in [6, 6.07) is 9.99. The lowest BCUT2D eigenvalue weighted by molar-refractivity contribution is -0.492. The van der Waals surface area contributed by atoms with Gasteiger partial charge in [-0.1, -0.05) is 6.07 Å². The van der Waals surface area contributed by atoms with E-state index in [1.165, 1.54) is 5.56 Å². The number of benzene rings is 1. The highest BCUT2D eigenvalue weighted by molar-refractivity contribution is 6.10. The number of ether oxygens (including phenoxy) is 1. The molecular weight excluding hydrogens is 438 g/mol. The molecule has 180 valence electrons. The van der Waals surface area contributed by atoms with Crippen LogP contribution in [0, 0.1) is 25.7 Å². The van der Waals surface area contributed by atoms with E-state index in [2.05, 4.69) is 46.8 Å². The number of carbonyl (C=O) groups excluding carboxylic acids is 1. The fraction of sp³-hybridized carbons (Fsp3) is 0.429. The molecule has 1 amide bonds. The SMILES string of the molecule is Cc1ccc2nc3n(c2c1)CC1CCC(COC2=C(C=[N+](C)CC2)c2cc(cc(C)n2)C(=O)N3)C1. The molecule has 1 fully saturated rings. The lowest BCUT2D eigenvalue weighted by atomic mass is 10.0. The number of aromatic nitrogens is 3. The average Bonchev–Trinajstić information content (AvgIpc) is 3.42. The van der Waals surface area contributed by atoms with Crippen LogP contribution in [0.1, 0.15) is 53.0 Å². The number of aryl methyl sites for hydroxylation is 2. The third kappa shape index (κ3) is 4.24. The summed E-state index contributed by atoms with van der Waals surface area (Å²) in [5, 5.41) is 3.13. The molecule has 4 heterocycles. The summed E-state index contributed by atoms with van der Waals surface area (Å²) in [7, 11) is 2.07. The molecule has 0 radical (unpaired) electrons. The smallest absolute Gasteiger partial charge is 0.258 e. The van der Waals surface area contributed by atoms with Gasteiger partial charge in [0.1, 0.15) is 24.9 Å². The number of fused-ring (bicyclic) bond motifs is 8. The van der Waals surface area contributed by atoms with E-state index in [1.807, 2.05) is 25.1 Å². The van der Waals surface area contributed by atoms with Crippen LogP contribution in [0.5, 0.6) is 0 Å². The summed E-state index contributed by atoms with van der Waals surface area (Å²) in [6.45, 7) is 6.52. The highest BCUT2D eigenvalue weighted by Gasteiger charge is 2.29. The molecule has 6 rings (SSSR count). The number of carbonyl (C=O) groups is 1. The molecule has 7 heteroatoms. The Balaban J connectivity index is 1.48. The van der Waals surface area contributed by atoms with E-state index < -0.39 is 0 Å². The molecule has 1 aromatic carbocycles. The van der Waals surface area contributed by atoms with Gasteiger partial charge in [0, 0.05) is 17.8 Å². The summed E-state index contributed by atoms with van der Waals surface area (Å²) in [5.41, 5.74) is 6.30. The molecule has 1 saturated carbocycles. The van der Waals surface area contributed by atoms with Crippen molar-refractivity contribution in [3.63, 3.8) is 0 Å². The Kier molecular flexibility index (Phi) is 5.43. The van der Waals surface area contributed by atoms with Gasteiger partial charge in [-0.05, 0) is 74.8 Å². The third-order valence-corrected chi connectivity index (χ3v) is 7.55. The van der Waals surface area contributed by atoms with Crippen LogP contribution in [0.3, 0.4) is 0 Å². The van der Waals surface area contributed by atoms with Crippen LogP contribution >= 0.6 is 0 Å². The molecule has 4 bridgehead atoms. The topological polar surface area (TPSA) is 72.0 Å². The van der Waals surface area contributed by atoms with E-state index in [0.717, 1.165) is 79.1 Å². The first kappa shape index (κ1) is 22.0. The minimum atomic E-state index is -0.170. The summed E-state index contributed by atoms with van der Waals surface area (Å²) in [4.78, 5) is 23.1. The fourth-order valence-corrected chi connectivity index (χ4v) is 5.73. The van der Waals surface area contributed by atoms with Gasteiger partial charge in [0.25, 0.3) is 5.91 Å². The van der Waals surface area contributed by atoms with Crippen LogP contribution < -0.4 is 5.32 Å². The Morgan fingerprint density at radius 3 is 2.86 bits per heavy atom. The van der Waals surface area contributed by atoms with Gasteiger partial charge in [-0.25, -0.2) is 9.56 Å². The number of anilines is 1. The Labute approximate surface area is 205 Å². The number of pyridine rings is 1. The van der Waals surface area contributed by atoms with Crippen LogP contribution in [0.2, 0.25) is 0 Å². The first-order valence-corrected chi connectivity index (χ1v) is 12.6. The molecular formula is C28H32N5O2+. The zero-order chi connectivity index (χ0) is 24.1. The van der Waals surface area contributed by atoms with Gasteiger partial charge < -0.3 is 9.30 Å². The average molecular weight is 471 g/mol. The van der Waals surface area contributed by atoms with Crippen LogP contribution in [0.25, 0.3) is 16.6 Å². The minimum absolute atomic E-state index is 0.170. The van der Waals surface area contributed by atoms with Crippen molar-refractivity contribution in [2.75, 3.05) is 25.5 Å². The number of imidazole rings is 1. The number of nitrogens with one attached hydrogen (secondary N) is 1. The molecule has 2 atom stereocenters. The molecule has 1 aliphatic carbocycles. The summed E-state index contributed by atoms with van der Waals surface area (Å²) in [6.07, 6.45) is 6.39. The van der Waals surface area contributed by atoms with Crippen molar-refractivity contribution < 1.29 is 14.1 Å². The standard InChI is InChI=1S/C28H31N5O2/c1-17-4-7-23-25(10-17)33-14-19-5-6-20(12-19)16-35-26-8-9-32(3)15-22(26)24-13-21(11-18(2)29-24)27(34)31-28(33)30-23/h4,7,10-11,13,15,19-20H,5-6,8-9,12,14,16H2,1-3H3/p+1. The third-order valence-electron chi connectivity index (χ3n) is 7.55. The van der Waals surface area contributed by atoms with Gasteiger partial charge in [-0.2, -0.15) is 0 Å².